The summed E-state index contributed by atoms with van der Waals surface area (Å²) in [5.74, 6) is 0.546. The Hall–Kier alpha value is -1.95. The molecule has 0 fully saturated rings. The normalized spacial score (nSPS) is 14.0. The molecule has 0 aliphatic rings. The fourth-order valence-corrected chi connectivity index (χ4v) is 2.92. The van der Waals surface area contributed by atoms with Crippen molar-refractivity contribution in [3.8, 4) is 0 Å². The van der Waals surface area contributed by atoms with E-state index in [2.05, 4.69) is 10.3 Å². The summed E-state index contributed by atoms with van der Waals surface area (Å²) >= 11 is 6.04. The number of fused-ring (bicyclic) bond motifs is 1. The number of halogens is 2. The van der Waals surface area contributed by atoms with Crippen LogP contribution in [0.4, 0.5) is 4.39 Å². The van der Waals surface area contributed by atoms with Crippen LogP contribution in [0.1, 0.15) is 30.5 Å². The third-order valence-corrected chi connectivity index (χ3v) is 4.37. The van der Waals surface area contributed by atoms with E-state index in [4.69, 9.17) is 11.6 Å². The molecule has 2 unspecified atom stereocenters. The number of imidazole rings is 1. The third-order valence-electron chi connectivity index (χ3n) is 4.14. The highest BCUT2D eigenvalue weighted by molar-refractivity contribution is 6.31. The number of rotatable bonds is 5. The second kappa shape index (κ2) is 6.89. The van der Waals surface area contributed by atoms with Crippen molar-refractivity contribution in [3.05, 3.63) is 64.7 Å². The van der Waals surface area contributed by atoms with Crippen molar-refractivity contribution in [1.82, 2.24) is 14.9 Å². The molecule has 1 aromatic heterocycles. The molecular formula is C18H19ClFN3O. The molecule has 2 N–H and O–H groups in total. The highest BCUT2D eigenvalue weighted by Gasteiger charge is 2.16. The molecule has 0 spiro atoms. The molecule has 3 aromatic rings. The largest absolute Gasteiger partial charge is 0.387 e. The summed E-state index contributed by atoms with van der Waals surface area (Å²) in [7, 11) is 1.94. The van der Waals surface area contributed by atoms with Crippen molar-refractivity contribution in [3.63, 3.8) is 0 Å². The predicted octanol–water partition coefficient (Wildman–Crippen LogP) is 3.75. The summed E-state index contributed by atoms with van der Waals surface area (Å²) in [6, 6.07) is 11.4. The van der Waals surface area contributed by atoms with Crippen LogP contribution < -0.4 is 5.32 Å². The van der Waals surface area contributed by atoms with Gasteiger partial charge in [-0.15, -0.1) is 0 Å². The van der Waals surface area contributed by atoms with Gasteiger partial charge in [-0.25, -0.2) is 9.37 Å². The Labute approximate surface area is 144 Å². The number of hydrogen-bond acceptors (Lipinski definition) is 3. The minimum atomic E-state index is -0.711. The van der Waals surface area contributed by atoms with E-state index < -0.39 is 6.10 Å². The van der Waals surface area contributed by atoms with Crippen molar-refractivity contribution in [2.45, 2.75) is 19.1 Å². The minimum absolute atomic E-state index is 0.0590. The van der Waals surface area contributed by atoms with Crippen LogP contribution in [0.3, 0.4) is 0 Å². The van der Waals surface area contributed by atoms with Crippen molar-refractivity contribution in [2.75, 3.05) is 6.54 Å². The van der Waals surface area contributed by atoms with Gasteiger partial charge in [-0.3, -0.25) is 0 Å². The van der Waals surface area contributed by atoms with Gasteiger partial charge in [0, 0.05) is 18.6 Å². The number of aromatic nitrogens is 2. The molecule has 2 atom stereocenters. The van der Waals surface area contributed by atoms with Crippen molar-refractivity contribution in [2.24, 2.45) is 7.05 Å². The van der Waals surface area contributed by atoms with E-state index in [1.165, 1.54) is 12.1 Å². The number of benzene rings is 2. The fourth-order valence-electron chi connectivity index (χ4n) is 2.75. The van der Waals surface area contributed by atoms with Crippen LogP contribution in [0.15, 0.2) is 42.5 Å². The Kier molecular flexibility index (Phi) is 4.85. The van der Waals surface area contributed by atoms with Crippen LogP contribution in [-0.4, -0.2) is 21.2 Å². The van der Waals surface area contributed by atoms with Gasteiger partial charge in [0.1, 0.15) is 11.6 Å². The summed E-state index contributed by atoms with van der Waals surface area (Å²) in [6.07, 6.45) is -0.711. The second-order valence-electron chi connectivity index (χ2n) is 5.86. The van der Waals surface area contributed by atoms with Gasteiger partial charge in [-0.05, 0) is 42.8 Å². The Morgan fingerprint density at radius 1 is 1.25 bits per heavy atom. The topological polar surface area (TPSA) is 50.1 Å². The summed E-state index contributed by atoms with van der Waals surface area (Å²) in [4.78, 5) is 4.63. The maximum Gasteiger partial charge on any atom is 0.126 e. The van der Waals surface area contributed by atoms with Crippen LogP contribution in [-0.2, 0) is 7.05 Å². The van der Waals surface area contributed by atoms with Gasteiger partial charge in [0.05, 0.1) is 23.2 Å². The van der Waals surface area contributed by atoms with E-state index in [-0.39, 0.29) is 11.9 Å². The van der Waals surface area contributed by atoms with E-state index in [1.54, 1.807) is 12.1 Å². The fraction of sp³-hybridized carbons (Fsp3) is 0.278. The van der Waals surface area contributed by atoms with E-state index in [0.717, 1.165) is 16.9 Å². The van der Waals surface area contributed by atoms with Gasteiger partial charge in [0.2, 0.25) is 0 Å². The molecule has 2 aromatic carbocycles. The van der Waals surface area contributed by atoms with Crippen LogP contribution in [0.25, 0.3) is 11.0 Å². The lowest BCUT2D eigenvalue weighted by atomic mass is 10.1. The first-order chi connectivity index (χ1) is 11.5. The van der Waals surface area contributed by atoms with Crippen LogP contribution in [0.5, 0.6) is 0 Å². The quantitative estimate of drug-likeness (QED) is 0.739. The molecule has 0 amide bonds. The number of aryl methyl sites for hydroxylation is 1. The number of nitrogens with zero attached hydrogens (tertiary/aromatic N) is 2. The first-order valence-electron chi connectivity index (χ1n) is 7.74. The first-order valence-corrected chi connectivity index (χ1v) is 8.12. The highest BCUT2D eigenvalue weighted by Crippen LogP contribution is 2.23. The van der Waals surface area contributed by atoms with Crippen LogP contribution >= 0.6 is 11.6 Å². The van der Waals surface area contributed by atoms with Crippen molar-refractivity contribution < 1.29 is 9.50 Å². The molecule has 3 rings (SSSR count). The summed E-state index contributed by atoms with van der Waals surface area (Å²) < 4.78 is 14.9. The minimum Gasteiger partial charge on any atom is -0.387 e. The molecule has 24 heavy (non-hydrogen) atoms. The van der Waals surface area contributed by atoms with Crippen molar-refractivity contribution >= 4 is 22.6 Å². The van der Waals surface area contributed by atoms with E-state index >= 15 is 0 Å². The Balaban J connectivity index is 1.72. The number of aliphatic hydroxyl groups is 1. The Morgan fingerprint density at radius 3 is 2.67 bits per heavy atom. The monoisotopic (exact) mass is 347 g/mol. The lowest BCUT2D eigenvalue weighted by molar-refractivity contribution is 0.170. The van der Waals surface area contributed by atoms with Gasteiger partial charge in [0.25, 0.3) is 0 Å². The molecule has 0 saturated carbocycles. The standard InChI is InChI=1S/C18H19ClFN3O/c1-11(21-10-17(24)12-3-6-14(20)7-4-12)18-22-15-8-5-13(19)9-16(15)23(18)2/h3-9,11,17,21,24H,10H2,1-2H3. The lowest BCUT2D eigenvalue weighted by Crippen LogP contribution is -2.26. The van der Waals surface area contributed by atoms with E-state index in [9.17, 15) is 9.50 Å². The number of aliphatic hydroxyl groups excluding tert-OH is 1. The Bertz CT molecular complexity index is 847. The first kappa shape index (κ1) is 16.9. The molecule has 6 heteroatoms. The molecule has 0 aliphatic heterocycles. The van der Waals surface area contributed by atoms with Gasteiger partial charge in [-0.2, -0.15) is 0 Å². The third kappa shape index (κ3) is 3.43. The average Bonchev–Trinajstić information content (AvgIpc) is 2.89. The molecule has 0 saturated heterocycles. The van der Waals surface area contributed by atoms with Gasteiger partial charge >= 0.3 is 0 Å². The summed E-state index contributed by atoms with van der Waals surface area (Å²) in [6.45, 7) is 2.33. The molecule has 1 heterocycles. The number of hydrogen-bond donors (Lipinski definition) is 2. The van der Waals surface area contributed by atoms with Gasteiger partial charge in [0.15, 0.2) is 0 Å². The lowest BCUT2D eigenvalue weighted by Gasteiger charge is -2.17. The van der Waals surface area contributed by atoms with Crippen LogP contribution in [0.2, 0.25) is 5.02 Å². The zero-order valence-electron chi connectivity index (χ0n) is 13.5. The van der Waals surface area contributed by atoms with Crippen LogP contribution in [0, 0.1) is 5.82 Å². The highest BCUT2D eigenvalue weighted by atomic mass is 35.5. The maximum absolute atomic E-state index is 12.9. The molecule has 126 valence electrons. The van der Waals surface area contributed by atoms with E-state index in [1.807, 2.05) is 36.7 Å². The van der Waals surface area contributed by atoms with E-state index in [0.29, 0.717) is 17.1 Å². The van der Waals surface area contributed by atoms with Gasteiger partial charge in [-0.1, -0.05) is 23.7 Å². The van der Waals surface area contributed by atoms with Gasteiger partial charge < -0.3 is 15.0 Å². The second-order valence-corrected chi connectivity index (χ2v) is 6.30. The average molecular weight is 348 g/mol. The molecule has 0 radical (unpaired) electrons. The molecular weight excluding hydrogens is 329 g/mol. The SMILES string of the molecule is CC(NCC(O)c1ccc(F)cc1)c1nc2ccc(Cl)cc2n1C. The maximum atomic E-state index is 12.9. The molecule has 4 nitrogen and oxygen atoms in total. The zero-order chi connectivity index (χ0) is 17.3. The Morgan fingerprint density at radius 2 is 1.96 bits per heavy atom. The smallest absolute Gasteiger partial charge is 0.126 e. The zero-order valence-corrected chi connectivity index (χ0v) is 14.3. The predicted molar refractivity (Wildman–Crippen MR) is 93.5 cm³/mol. The molecule has 0 aliphatic carbocycles. The number of nitrogens with one attached hydrogen (secondary N) is 1. The van der Waals surface area contributed by atoms with Crippen molar-refractivity contribution in [1.29, 1.82) is 0 Å². The molecule has 0 bridgehead atoms. The summed E-state index contributed by atoms with van der Waals surface area (Å²) in [5.41, 5.74) is 2.52. The summed E-state index contributed by atoms with van der Waals surface area (Å²) in [5, 5.41) is 14.2.